The smallest absolute Gasteiger partial charge is 0.260 e. The van der Waals surface area contributed by atoms with Gasteiger partial charge < -0.3 is 19.6 Å². The van der Waals surface area contributed by atoms with E-state index in [1.807, 2.05) is 0 Å². The summed E-state index contributed by atoms with van der Waals surface area (Å²) < 4.78 is 18.5. The summed E-state index contributed by atoms with van der Waals surface area (Å²) in [7, 11) is 0. The molecule has 2 saturated heterocycles. The zero-order valence-corrected chi connectivity index (χ0v) is 13.9. The molecule has 3 rings (SSSR count). The van der Waals surface area contributed by atoms with Crippen LogP contribution in [0.1, 0.15) is 12.8 Å². The quantitative estimate of drug-likeness (QED) is 0.852. The molecule has 2 aliphatic rings. The Bertz CT molecular complexity index is 563. The first-order valence-electron chi connectivity index (χ1n) is 8.65. The lowest BCUT2D eigenvalue weighted by Crippen LogP contribution is -2.34. The average molecular weight is 336 g/mol. The van der Waals surface area contributed by atoms with Crippen molar-refractivity contribution in [1.29, 1.82) is 0 Å². The highest BCUT2D eigenvalue weighted by Crippen LogP contribution is 2.25. The number of carbonyl (C=O) groups excluding carboxylic acids is 1. The van der Waals surface area contributed by atoms with Crippen LogP contribution in [0.2, 0.25) is 0 Å². The van der Waals surface area contributed by atoms with Crippen LogP contribution in [-0.2, 0) is 4.79 Å². The van der Waals surface area contributed by atoms with Gasteiger partial charge in [-0.2, -0.15) is 0 Å². The Balaban J connectivity index is 1.51. The summed E-state index contributed by atoms with van der Waals surface area (Å²) in [6, 6.07) is 5.79. The highest BCUT2D eigenvalue weighted by Gasteiger charge is 2.36. The van der Waals surface area contributed by atoms with Crippen LogP contribution in [-0.4, -0.2) is 66.8 Å². The fourth-order valence-corrected chi connectivity index (χ4v) is 3.65. The number of aliphatic hydroxyl groups is 1. The summed E-state index contributed by atoms with van der Waals surface area (Å²) in [5.74, 6) is 0.304. The fraction of sp³-hybridized carbons (Fsp3) is 0.611. The third-order valence-corrected chi connectivity index (χ3v) is 5.01. The van der Waals surface area contributed by atoms with E-state index in [0.717, 1.165) is 19.6 Å². The molecule has 2 atom stereocenters. The molecule has 0 aromatic heterocycles. The van der Waals surface area contributed by atoms with E-state index in [4.69, 9.17) is 4.74 Å². The van der Waals surface area contributed by atoms with Crippen molar-refractivity contribution < 1.29 is 19.0 Å². The molecule has 2 fully saturated rings. The van der Waals surface area contributed by atoms with Crippen molar-refractivity contribution in [2.75, 3.05) is 45.9 Å². The molecule has 2 heterocycles. The number of carbonyl (C=O) groups is 1. The van der Waals surface area contributed by atoms with Crippen molar-refractivity contribution in [3.8, 4) is 5.75 Å². The Kier molecular flexibility index (Phi) is 5.68. The zero-order valence-electron chi connectivity index (χ0n) is 13.9. The minimum atomic E-state index is -0.382. The van der Waals surface area contributed by atoms with E-state index in [2.05, 4.69) is 4.90 Å². The molecule has 6 heteroatoms. The molecule has 1 amide bonds. The van der Waals surface area contributed by atoms with Gasteiger partial charge >= 0.3 is 0 Å². The molecule has 1 aromatic rings. The third kappa shape index (κ3) is 4.24. The second-order valence-corrected chi connectivity index (χ2v) is 6.76. The van der Waals surface area contributed by atoms with Crippen LogP contribution >= 0.6 is 0 Å². The number of hydrogen-bond acceptors (Lipinski definition) is 4. The van der Waals surface area contributed by atoms with Crippen molar-refractivity contribution >= 4 is 5.91 Å². The van der Waals surface area contributed by atoms with Crippen LogP contribution in [0.5, 0.6) is 5.75 Å². The van der Waals surface area contributed by atoms with Gasteiger partial charge in [-0.3, -0.25) is 4.79 Å². The number of likely N-dealkylation sites (tertiary alicyclic amines) is 2. The number of halogens is 1. The number of nitrogens with zero attached hydrogens (tertiary/aromatic N) is 2. The molecule has 132 valence electrons. The van der Waals surface area contributed by atoms with E-state index in [0.29, 0.717) is 24.8 Å². The SMILES string of the molecule is O=C(COc1cccc(F)c1)N1C[C@@H](CN2CCCC2)[C@@H](CO)C1. The summed E-state index contributed by atoms with van der Waals surface area (Å²) in [5, 5.41) is 9.62. The van der Waals surface area contributed by atoms with Crippen molar-refractivity contribution in [2.45, 2.75) is 12.8 Å². The summed E-state index contributed by atoms with van der Waals surface area (Å²) in [5.41, 5.74) is 0. The van der Waals surface area contributed by atoms with Crippen LogP contribution in [0.4, 0.5) is 4.39 Å². The number of ether oxygens (including phenoxy) is 1. The molecule has 1 aromatic carbocycles. The van der Waals surface area contributed by atoms with Gasteiger partial charge in [0.15, 0.2) is 6.61 Å². The Morgan fingerprint density at radius 2 is 2.00 bits per heavy atom. The van der Waals surface area contributed by atoms with Crippen molar-refractivity contribution in [1.82, 2.24) is 9.80 Å². The molecular formula is C18H25FN2O3. The normalized spacial score (nSPS) is 24.5. The number of aliphatic hydroxyl groups excluding tert-OH is 1. The van der Waals surface area contributed by atoms with Gasteiger partial charge in [0, 0.05) is 38.2 Å². The maximum Gasteiger partial charge on any atom is 0.260 e. The lowest BCUT2D eigenvalue weighted by Gasteiger charge is -2.22. The maximum atomic E-state index is 13.1. The highest BCUT2D eigenvalue weighted by atomic mass is 19.1. The van der Waals surface area contributed by atoms with Gasteiger partial charge in [-0.15, -0.1) is 0 Å². The monoisotopic (exact) mass is 336 g/mol. The first kappa shape index (κ1) is 17.2. The van der Waals surface area contributed by atoms with Crippen molar-refractivity contribution in [3.05, 3.63) is 30.1 Å². The van der Waals surface area contributed by atoms with E-state index >= 15 is 0 Å². The van der Waals surface area contributed by atoms with Gasteiger partial charge in [-0.05, 0) is 44.0 Å². The minimum absolute atomic E-state index is 0.0992. The van der Waals surface area contributed by atoms with Gasteiger partial charge in [0.05, 0.1) is 0 Å². The third-order valence-electron chi connectivity index (χ3n) is 5.01. The van der Waals surface area contributed by atoms with E-state index in [1.165, 1.54) is 25.0 Å². The molecule has 0 unspecified atom stereocenters. The Hall–Kier alpha value is -1.66. The lowest BCUT2D eigenvalue weighted by molar-refractivity contribution is -0.132. The van der Waals surface area contributed by atoms with Crippen LogP contribution < -0.4 is 4.74 Å². The second-order valence-electron chi connectivity index (χ2n) is 6.76. The Morgan fingerprint density at radius 1 is 1.25 bits per heavy atom. The first-order valence-corrected chi connectivity index (χ1v) is 8.65. The molecule has 0 radical (unpaired) electrons. The zero-order chi connectivity index (χ0) is 16.9. The van der Waals surface area contributed by atoms with E-state index < -0.39 is 0 Å². The van der Waals surface area contributed by atoms with Gasteiger partial charge in [0.25, 0.3) is 5.91 Å². The molecule has 0 bridgehead atoms. The number of hydrogen-bond donors (Lipinski definition) is 1. The van der Waals surface area contributed by atoms with Gasteiger partial charge in [0.1, 0.15) is 11.6 Å². The van der Waals surface area contributed by atoms with E-state index in [9.17, 15) is 14.3 Å². The summed E-state index contributed by atoms with van der Waals surface area (Å²) >= 11 is 0. The molecule has 0 saturated carbocycles. The van der Waals surface area contributed by atoms with Crippen LogP contribution in [0.25, 0.3) is 0 Å². The average Bonchev–Trinajstić information content (AvgIpc) is 3.23. The molecule has 0 spiro atoms. The van der Waals surface area contributed by atoms with E-state index in [1.54, 1.807) is 17.0 Å². The number of amides is 1. The summed E-state index contributed by atoms with van der Waals surface area (Å²) in [4.78, 5) is 16.5. The highest BCUT2D eigenvalue weighted by molar-refractivity contribution is 5.78. The van der Waals surface area contributed by atoms with Crippen molar-refractivity contribution in [2.24, 2.45) is 11.8 Å². The summed E-state index contributed by atoms with van der Waals surface area (Å²) in [6.07, 6.45) is 2.47. The van der Waals surface area contributed by atoms with Gasteiger partial charge in [0.2, 0.25) is 0 Å². The topological polar surface area (TPSA) is 53.0 Å². The van der Waals surface area contributed by atoms with E-state index in [-0.39, 0.29) is 30.9 Å². The standard InChI is InChI=1S/C18H25FN2O3/c19-16-4-3-5-17(8-16)24-13-18(23)21-10-14(15(11-21)12-22)9-20-6-1-2-7-20/h3-5,8,14-15,22H,1-2,6-7,9-13H2/t14-,15-/m1/s1. The molecule has 5 nitrogen and oxygen atoms in total. The summed E-state index contributed by atoms with van der Waals surface area (Å²) in [6.45, 7) is 4.41. The first-order chi connectivity index (χ1) is 11.7. The number of rotatable bonds is 6. The predicted octanol–water partition coefficient (Wildman–Crippen LogP) is 1.37. The lowest BCUT2D eigenvalue weighted by atomic mass is 9.96. The molecule has 24 heavy (non-hydrogen) atoms. The Morgan fingerprint density at radius 3 is 2.71 bits per heavy atom. The van der Waals surface area contributed by atoms with Gasteiger partial charge in [-0.1, -0.05) is 6.07 Å². The molecular weight excluding hydrogens is 311 g/mol. The maximum absolute atomic E-state index is 13.1. The molecule has 1 N–H and O–H groups in total. The largest absolute Gasteiger partial charge is 0.484 e. The predicted molar refractivity (Wildman–Crippen MR) is 88.2 cm³/mol. The van der Waals surface area contributed by atoms with Gasteiger partial charge in [-0.25, -0.2) is 4.39 Å². The van der Waals surface area contributed by atoms with Crippen LogP contribution in [0.15, 0.2) is 24.3 Å². The van der Waals surface area contributed by atoms with Crippen LogP contribution in [0.3, 0.4) is 0 Å². The fourth-order valence-electron chi connectivity index (χ4n) is 3.65. The minimum Gasteiger partial charge on any atom is -0.484 e. The van der Waals surface area contributed by atoms with Crippen LogP contribution in [0, 0.1) is 17.7 Å². The van der Waals surface area contributed by atoms with Crippen molar-refractivity contribution in [3.63, 3.8) is 0 Å². The molecule has 2 aliphatic heterocycles. The number of benzene rings is 1. The molecule has 0 aliphatic carbocycles. The Labute approximate surface area is 142 Å². The second kappa shape index (κ2) is 7.94.